The summed E-state index contributed by atoms with van der Waals surface area (Å²) >= 11 is 0. The summed E-state index contributed by atoms with van der Waals surface area (Å²) in [5.74, 6) is 3.44. The van der Waals surface area contributed by atoms with Crippen LogP contribution in [0, 0.1) is 11.8 Å². The molecule has 4 nitrogen and oxygen atoms in total. The molecule has 112 valence electrons. The molecule has 3 rings (SSSR count). The summed E-state index contributed by atoms with van der Waals surface area (Å²) < 4.78 is 5.47. The van der Waals surface area contributed by atoms with Crippen molar-refractivity contribution in [3.63, 3.8) is 0 Å². The Hall–Kier alpha value is -0.900. The lowest BCUT2D eigenvalue weighted by Gasteiger charge is -2.25. The number of hydrogen-bond acceptors (Lipinski definition) is 4. The lowest BCUT2D eigenvalue weighted by molar-refractivity contribution is 0.254. The standard InChI is InChI=1S/C16H27N3O/c1-11-7-9-13(10-8-11)15-18-16(20-19-15)14(17)12-5-3-2-4-6-12/h11-14H,2-10,17H2,1H3. The molecule has 2 N–H and O–H groups in total. The molecule has 1 heterocycles. The lowest BCUT2D eigenvalue weighted by atomic mass is 9.82. The normalized spacial score (nSPS) is 30.3. The van der Waals surface area contributed by atoms with Crippen molar-refractivity contribution in [2.24, 2.45) is 17.6 Å². The van der Waals surface area contributed by atoms with Crippen LogP contribution in [0.3, 0.4) is 0 Å². The minimum absolute atomic E-state index is 0.0564. The lowest BCUT2D eigenvalue weighted by Crippen LogP contribution is -2.24. The Balaban J connectivity index is 1.63. The van der Waals surface area contributed by atoms with Crippen LogP contribution in [0.2, 0.25) is 0 Å². The van der Waals surface area contributed by atoms with Gasteiger partial charge in [-0.15, -0.1) is 0 Å². The van der Waals surface area contributed by atoms with Gasteiger partial charge < -0.3 is 10.3 Å². The molecule has 0 bridgehead atoms. The van der Waals surface area contributed by atoms with Crippen molar-refractivity contribution >= 4 is 0 Å². The van der Waals surface area contributed by atoms with Crippen LogP contribution < -0.4 is 5.73 Å². The van der Waals surface area contributed by atoms with Crippen LogP contribution in [0.4, 0.5) is 0 Å². The predicted octanol–water partition coefficient (Wildman–Crippen LogP) is 3.94. The Kier molecular flexibility index (Phi) is 4.39. The van der Waals surface area contributed by atoms with E-state index in [1.807, 2.05) is 0 Å². The molecule has 2 aliphatic rings. The van der Waals surface area contributed by atoms with Crippen molar-refractivity contribution < 1.29 is 4.52 Å². The molecule has 1 aromatic heterocycles. The zero-order valence-corrected chi connectivity index (χ0v) is 12.6. The van der Waals surface area contributed by atoms with Crippen molar-refractivity contribution in [2.75, 3.05) is 0 Å². The summed E-state index contributed by atoms with van der Waals surface area (Å²) in [4.78, 5) is 4.63. The first-order valence-corrected chi connectivity index (χ1v) is 8.33. The van der Waals surface area contributed by atoms with Crippen molar-refractivity contribution in [2.45, 2.75) is 76.7 Å². The highest BCUT2D eigenvalue weighted by Crippen LogP contribution is 2.36. The Bertz CT molecular complexity index is 417. The number of nitrogens with zero attached hydrogens (tertiary/aromatic N) is 2. The molecule has 0 aliphatic heterocycles. The van der Waals surface area contributed by atoms with E-state index >= 15 is 0 Å². The average molecular weight is 277 g/mol. The molecule has 0 aromatic carbocycles. The third kappa shape index (κ3) is 3.05. The molecule has 0 saturated heterocycles. The second-order valence-electron chi connectivity index (χ2n) is 6.87. The Morgan fingerprint density at radius 3 is 2.45 bits per heavy atom. The Morgan fingerprint density at radius 2 is 1.75 bits per heavy atom. The summed E-state index contributed by atoms with van der Waals surface area (Å²) in [7, 11) is 0. The van der Waals surface area contributed by atoms with E-state index in [1.165, 1.54) is 57.8 Å². The van der Waals surface area contributed by atoms with Gasteiger partial charge >= 0.3 is 0 Å². The van der Waals surface area contributed by atoms with E-state index in [1.54, 1.807) is 0 Å². The minimum atomic E-state index is -0.0564. The molecule has 2 fully saturated rings. The summed E-state index contributed by atoms with van der Waals surface area (Å²) in [5.41, 5.74) is 6.34. The van der Waals surface area contributed by atoms with Gasteiger partial charge in [-0.2, -0.15) is 4.98 Å². The minimum Gasteiger partial charge on any atom is -0.338 e. The van der Waals surface area contributed by atoms with E-state index < -0.39 is 0 Å². The molecule has 0 amide bonds. The van der Waals surface area contributed by atoms with Gasteiger partial charge in [0.05, 0.1) is 6.04 Å². The molecular weight excluding hydrogens is 250 g/mol. The van der Waals surface area contributed by atoms with Crippen LogP contribution in [0.15, 0.2) is 4.52 Å². The van der Waals surface area contributed by atoms with Gasteiger partial charge in [0.1, 0.15) is 0 Å². The zero-order chi connectivity index (χ0) is 13.9. The van der Waals surface area contributed by atoms with Crippen molar-refractivity contribution in [1.82, 2.24) is 10.1 Å². The van der Waals surface area contributed by atoms with Gasteiger partial charge in [-0.25, -0.2) is 0 Å². The van der Waals surface area contributed by atoms with Crippen LogP contribution in [0.25, 0.3) is 0 Å². The molecule has 0 radical (unpaired) electrons. The Morgan fingerprint density at radius 1 is 1.05 bits per heavy atom. The van der Waals surface area contributed by atoms with Crippen LogP contribution in [-0.4, -0.2) is 10.1 Å². The number of hydrogen-bond donors (Lipinski definition) is 1. The molecule has 4 heteroatoms. The molecule has 1 aromatic rings. The third-order valence-corrected chi connectivity index (χ3v) is 5.28. The fourth-order valence-electron chi connectivity index (χ4n) is 3.76. The highest BCUT2D eigenvalue weighted by atomic mass is 16.5. The van der Waals surface area contributed by atoms with Gasteiger partial charge in [-0.05, 0) is 37.5 Å². The van der Waals surface area contributed by atoms with Crippen LogP contribution >= 0.6 is 0 Å². The summed E-state index contributed by atoms with van der Waals surface area (Å²) in [6, 6.07) is -0.0564. The average Bonchev–Trinajstić information content (AvgIpc) is 2.98. The summed E-state index contributed by atoms with van der Waals surface area (Å²) in [5, 5.41) is 4.21. The molecule has 20 heavy (non-hydrogen) atoms. The Labute approximate surface area is 121 Å². The fraction of sp³-hybridized carbons (Fsp3) is 0.875. The molecule has 2 aliphatic carbocycles. The molecule has 1 atom stereocenters. The SMILES string of the molecule is CC1CCC(c2noc(C(N)C3CCCCC3)n2)CC1. The molecule has 1 unspecified atom stereocenters. The van der Waals surface area contributed by atoms with Gasteiger partial charge in [-0.3, -0.25) is 0 Å². The molecule has 0 spiro atoms. The fourth-order valence-corrected chi connectivity index (χ4v) is 3.76. The summed E-state index contributed by atoms with van der Waals surface area (Å²) in [6.45, 7) is 2.33. The number of rotatable bonds is 3. The van der Waals surface area contributed by atoms with Crippen molar-refractivity contribution in [3.8, 4) is 0 Å². The topological polar surface area (TPSA) is 64.9 Å². The van der Waals surface area contributed by atoms with Crippen molar-refractivity contribution in [1.29, 1.82) is 0 Å². The van der Waals surface area contributed by atoms with Crippen LogP contribution in [-0.2, 0) is 0 Å². The van der Waals surface area contributed by atoms with Gasteiger partial charge in [0, 0.05) is 5.92 Å². The van der Waals surface area contributed by atoms with Gasteiger partial charge in [0.25, 0.3) is 0 Å². The van der Waals surface area contributed by atoms with E-state index in [2.05, 4.69) is 17.1 Å². The quantitative estimate of drug-likeness (QED) is 0.908. The molecule has 2 saturated carbocycles. The predicted molar refractivity (Wildman–Crippen MR) is 78.2 cm³/mol. The van der Waals surface area contributed by atoms with Crippen LogP contribution in [0.5, 0.6) is 0 Å². The maximum absolute atomic E-state index is 6.34. The van der Waals surface area contributed by atoms with E-state index in [-0.39, 0.29) is 6.04 Å². The van der Waals surface area contributed by atoms with Gasteiger partial charge in [0.2, 0.25) is 5.89 Å². The number of nitrogens with two attached hydrogens (primary N) is 1. The van der Waals surface area contributed by atoms with Crippen LogP contribution in [0.1, 0.15) is 88.4 Å². The smallest absolute Gasteiger partial charge is 0.243 e. The van der Waals surface area contributed by atoms with E-state index in [9.17, 15) is 0 Å². The summed E-state index contributed by atoms with van der Waals surface area (Å²) in [6.07, 6.45) is 11.3. The largest absolute Gasteiger partial charge is 0.338 e. The second kappa shape index (κ2) is 6.25. The highest BCUT2D eigenvalue weighted by Gasteiger charge is 2.29. The van der Waals surface area contributed by atoms with E-state index in [4.69, 9.17) is 10.3 Å². The first-order chi connectivity index (χ1) is 9.74. The van der Waals surface area contributed by atoms with Crippen molar-refractivity contribution in [3.05, 3.63) is 11.7 Å². The molecular formula is C16H27N3O. The monoisotopic (exact) mass is 277 g/mol. The first-order valence-electron chi connectivity index (χ1n) is 8.33. The maximum Gasteiger partial charge on any atom is 0.243 e. The maximum atomic E-state index is 6.34. The third-order valence-electron chi connectivity index (χ3n) is 5.28. The van der Waals surface area contributed by atoms with E-state index in [0.717, 1.165) is 11.7 Å². The highest BCUT2D eigenvalue weighted by molar-refractivity contribution is 5.01. The first kappa shape index (κ1) is 14.1. The number of aromatic nitrogens is 2. The van der Waals surface area contributed by atoms with Gasteiger partial charge in [-0.1, -0.05) is 44.2 Å². The van der Waals surface area contributed by atoms with E-state index in [0.29, 0.717) is 17.7 Å². The second-order valence-corrected chi connectivity index (χ2v) is 6.87. The zero-order valence-electron chi connectivity index (χ0n) is 12.6. The van der Waals surface area contributed by atoms with Gasteiger partial charge in [0.15, 0.2) is 5.82 Å².